The van der Waals surface area contributed by atoms with E-state index >= 15 is 0 Å². The first-order valence-electron chi connectivity index (χ1n) is 3.36. The highest BCUT2D eigenvalue weighted by Crippen LogP contribution is 2.14. The molecule has 0 bridgehead atoms. The molecule has 1 aromatic rings. The molecular weight excluding hydrogens is 179 g/mol. The van der Waals surface area contributed by atoms with Crippen molar-refractivity contribution in [3.8, 4) is 0 Å². The molecule has 0 atom stereocenters. The van der Waals surface area contributed by atoms with Crippen LogP contribution in [0.25, 0.3) is 0 Å². The highest BCUT2D eigenvalue weighted by Gasteiger charge is 1.99. The second-order valence-corrected chi connectivity index (χ2v) is 2.92. The van der Waals surface area contributed by atoms with Crippen LogP contribution in [0.4, 0.5) is 4.39 Å². The first-order chi connectivity index (χ1) is 5.58. The summed E-state index contributed by atoms with van der Waals surface area (Å²) in [5.74, 6) is -0.407. The molecule has 1 aromatic carbocycles. The van der Waals surface area contributed by atoms with Crippen molar-refractivity contribution in [2.75, 3.05) is 0 Å². The van der Waals surface area contributed by atoms with Crippen LogP contribution in [-0.4, -0.2) is 5.84 Å². The molecule has 3 N–H and O–H groups in total. The lowest BCUT2D eigenvalue weighted by atomic mass is 10.1. The van der Waals surface area contributed by atoms with Crippen LogP contribution in [0.2, 0.25) is 5.02 Å². The molecule has 0 saturated heterocycles. The van der Waals surface area contributed by atoms with Crippen LogP contribution in [0.5, 0.6) is 0 Å². The Morgan fingerprint density at radius 2 is 2.17 bits per heavy atom. The molecule has 0 saturated carbocycles. The fourth-order valence-electron chi connectivity index (χ4n) is 0.933. The summed E-state index contributed by atoms with van der Waals surface area (Å²) in [6.07, 6.45) is 0.234. The maximum absolute atomic E-state index is 12.7. The average Bonchev–Trinajstić information content (AvgIpc) is 1.81. The minimum atomic E-state index is -0.404. The number of hydrogen-bond donors (Lipinski definition) is 2. The normalized spacial score (nSPS) is 9.83. The van der Waals surface area contributed by atoms with Crippen molar-refractivity contribution in [1.82, 2.24) is 0 Å². The predicted octanol–water partition coefficient (Wildman–Crippen LogP) is 1.96. The molecule has 2 nitrogen and oxygen atoms in total. The van der Waals surface area contributed by atoms with E-state index in [4.69, 9.17) is 22.7 Å². The summed E-state index contributed by atoms with van der Waals surface area (Å²) in [4.78, 5) is 0. The highest BCUT2D eigenvalue weighted by atomic mass is 35.5. The highest BCUT2D eigenvalue weighted by molar-refractivity contribution is 6.30. The molecular formula is C8H8ClFN2. The van der Waals surface area contributed by atoms with Gasteiger partial charge in [-0.15, -0.1) is 0 Å². The summed E-state index contributed by atoms with van der Waals surface area (Å²) in [6.45, 7) is 0. The zero-order chi connectivity index (χ0) is 9.14. The van der Waals surface area contributed by atoms with Gasteiger partial charge in [-0.1, -0.05) is 11.6 Å². The molecule has 0 fully saturated rings. The lowest BCUT2D eigenvalue weighted by Crippen LogP contribution is -2.12. The predicted molar refractivity (Wildman–Crippen MR) is 47.0 cm³/mol. The number of benzene rings is 1. The van der Waals surface area contributed by atoms with E-state index in [1.54, 1.807) is 6.07 Å². The second-order valence-electron chi connectivity index (χ2n) is 2.48. The van der Waals surface area contributed by atoms with Crippen molar-refractivity contribution in [1.29, 1.82) is 5.41 Å². The first kappa shape index (κ1) is 9.00. The maximum Gasteiger partial charge on any atom is 0.124 e. The SMILES string of the molecule is N=C(N)Cc1cc(F)cc(Cl)c1. The van der Waals surface area contributed by atoms with Gasteiger partial charge in [-0.3, -0.25) is 5.41 Å². The molecule has 0 aliphatic carbocycles. The van der Waals surface area contributed by atoms with Gasteiger partial charge in [0, 0.05) is 11.4 Å². The Kier molecular flexibility index (Phi) is 2.65. The molecule has 64 valence electrons. The van der Waals surface area contributed by atoms with Gasteiger partial charge in [-0.2, -0.15) is 0 Å². The maximum atomic E-state index is 12.7. The minimum absolute atomic E-state index is 0.00309. The fraction of sp³-hybridized carbons (Fsp3) is 0.125. The van der Waals surface area contributed by atoms with Gasteiger partial charge in [0.1, 0.15) is 5.82 Å². The number of halogens is 2. The molecule has 0 aliphatic rings. The van der Waals surface area contributed by atoms with Crippen molar-refractivity contribution in [3.63, 3.8) is 0 Å². The van der Waals surface area contributed by atoms with Gasteiger partial charge in [0.15, 0.2) is 0 Å². The third-order valence-corrected chi connectivity index (χ3v) is 1.54. The van der Waals surface area contributed by atoms with E-state index in [1.165, 1.54) is 12.1 Å². The molecule has 0 heterocycles. The molecule has 0 amide bonds. The third kappa shape index (κ3) is 2.51. The van der Waals surface area contributed by atoms with Crippen LogP contribution in [0.15, 0.2) is 18.2 Å². The van der Waals surface area contributed by atoms with Crippen LogP contribution in [0.3, 0.4) is 0 Å². The van der Waals surface area contributed by atoms with E-state index in [1.807, 2.05) is 0 Å². The summed E-state index contributed by atoms with van der Waals surface area (Å²) >= 11 is 5.58. The zero-order valence-electron chi connectivity index (χ0n) is 6.27. The minimum Gasteiger partial charge on any atom is -0.387 e. The number of nitrogens with two attached hydrogens (primary N) is 1. The van der Waals surface area contributed by atoms with Gasteiger partial charge in [-0.05, 0) is 23.8 Å². The molecule has 0 aliphatic heterocycles. The monoisotopic (exact) mass is 186 g/mol. The van der Waals surface area contributed by atoms with Gasteiger partial charge >= 0.3 is 0 Å². The smallest absolute Gasteiger partial charge is 0.124 e. The van der Waals surface area contributed by atoms with Crippen LogP contribution in [0, 0.1) is 11.2 Å². The van der Waals surface area contributed by atoms with Gasteiger partial charge in [0.2, 0.25) is 0 Å². The quantitative estimate of drug-likeness (QED) is 0.539. The molecule has 1 rings (SSSR count). The van der Waals surface area contributed by atoms with Crippen molar-refractivity contribution < 1.29 is 4.39 Å². The van der Waals surface area contributed by atoms with Gasteiger partial charge in [0.25, 0.3) is 0 Å². The van der Waals surface area contributed by atoms with E-state index in [2.05, 4.69) is 0 Å². The van der Waals surface area contributed by atoms with Crippen LogP contribution in [-0.2, 0) is 6.42 Å². The number of amidine groups is 1. The van der Waals surface area contributed by atoms with Crippen molar-refractivity contribution in [3.05, 3.63) is 34.6 Å². The fourth-order valence-corrected chi connectivity index (χ4v) is 1.18. The van der Waals surface area contributed by atoms with Crippen LogP contribution in [0.1, 0.15) is 5.56 Å². The summed E-state index contributed by atoms with van der Waals surface area (Å²) < 4.78 is 12.7. The Labute approximate surface area is 74.7 Å². The van der Waals surface area contributed by atoms with E-state index < -0.39 is 5.82 Å². The number of nitrogens with one attached hydrogen (secondary N) is 1. The standard InChI is InChI=1S/C8H8ClFN2/c9-6-1-5(3-8(11)12)2-7(10)4-6/h1-2,4H,3H2,(H3,11,12). The summed E-state index contributed by atoms with van der Waals surface area (Å²) in [7, 11) is 0. The lowest BCUT2D eigenvalue weighted by Gasteiger charge is -2.00. The third-order valence-electron chi connectivity index (χ3n) is 1.32. The molecule has 0 unspecified atom stereocenters. The first-order valence-corrected chi connectivity index (χ1v) is 3.73. The summed E-state index contributed by atoms with van der Waals surface area (Å²) in [5.41, 5.74) is 5.76. The topological polar surface area (TPSA) is 49.9 Å². The number of rotatable bonds is 2. The Morgan fingerprint density at radius 1 is 1.50 bits per heavy atom. The summed E-state index contributed by atoms with van der Waals surface area (Å²) in [6, 6.07) is 4.12. The lowest BCUT2D eigenvalue weighted by molar-refractivity contribution is 0.626. The van der Waals surface area contributed by atoms with E-state index in [-0.39, 0.29) is 12.3 Å². The second kappa shape index (κ2) is 3.54. The van der Waals surface area contributed by atoms with Crippen LogP contribution < -0.4 is 5.73 Å². The molecule has 12 heavy (non-hydrogen) atoms. The van der Waals surface area contributed by atoms with Crippen LogP contribution >= 0.6 is 11.6 Å². The zero-order valence-corrected chi connectivity index (χ0v) is 7.03. The van der Waals surface area contributed by atoms with Crippen molar-refractivity contribution >= 4 is 17.4 Å². The van der Waals surface area contributed by atoms with Crippen molar-refractivity contribution in [2.24, 2.45) is 5.73 Å². The van der Waals surface area contributed by atoms with E-state index in [0.717, 1.165) is 0 Å². The molecule has 0 aromatic heterocycles. The van der Waals surface area contributed by atoms with Gasteiger partial charge in [-0.25, -0.2) is 4.39 Å². The molecule has 0 radical (unpaired) electrons. The average molecular weight is 187 g/mol. The van der Waals surface area contributed by atoms with Gasteiger partial charge < -0.3 is 5.73 Å². The largest absolute Gasteiger partial charge is 0.387 e. The Balaban J connectivity index is 2.93. The summed E-state index contributed by atoms with van der Waals surface area (Å²) in [5, 5.41) is 7.31. The van der Waals surface area contributed by atoms with E-state index in [9.17, 15) is 4.39 Å². The number of hydrogen-bond acceptors (Lipinski definition) is 1. The molecule has 0 spiro atoms. The molecule has 4 heteroatoms. The Hall–Kier alpha value is -1.09. The van der Waals surface area contributed by atoms with Gasteiger partial charge in [0.05, 0.1) is 5.84 Å². The Morgan fingerprint density at radius 3 is 2.67 bits per heavy atom. The Bertz CT molecular complexity index is 292. The van der Waals surface area contributed by atoms with Crippen molar-refractivity contribution in [2.45, 2.75) is 6.42 Å². The van der Waals surface area contributed by atoms with E-state index in [0.29, 0.717) is 10.6 Å².